The Morgan fingerprint density at radius 3 is 1.61 bits per heavy atom. The summed E-state index contributed by atoms with van der Waals surface area (Å²) < 4.78 is 71.9. The topological polar surface area (TPSA) is 512 Å². The Morgan fingerprint density at radius 2 is 1.01 bits per heavy atom. The Bertz CT molecular complexity index is 2730. The molecule has 5 aliphatic carbocycles. The molecule has 6 aliphatic heterocycles. The van der Waals surface area contributed by atoms with Gasteiger partial charge in [-0.15, -0.1) is 0 Å². The van der Waals surface area contributed by atoms with Crippen LogP contribution in [0, 0.1) is 50.2 Å². The van der Waals surface area contributed by atoms with Crippen LogP contribution in [0.1, 0.15) is 113 Å². The number of fused-ring (bicyclic) bond motifs is 7. The Kier molecular flexibility index (Phi) is 22.4. The Labute approximate surface area is 561 Å². The molecule has 32 heteroatoms. The molecule has 0 bridgehead atoms. The van der Waals surface area contributed by atoms with Crippen molar-refractivity contribution < 1.29 is 159 Å². The second-order valence-corrected chi connectivity index (χ2v) is 31.6. The van der Waals surface area contributed by atoms with Crippen molar-refractivity contribution in [2.75, 3.05) is 33.0 Å². The second kappa shape index (κ2) is 28.5. The molecule has 558 valence electrons. The molecule has 6 heterocycles. The first-order valence-electron chi connectivity index (χ1n) is 34.2. The Balaban J connectivity index is 0.801. The molecule has 0 amide bonds. The summed E-state index contributed by atoms with van der Waals surface area (Å²) in [6.45, 7) is 13.0. The van der Waals surface area contributed by atoms with Gasteiger partial charge in [0.2, 0.25) is 6.29 Å². The molecule has 4 saturated carbocycles. The van der Waals surface area contributed by atoms with Gasteiger partial charge in [0.05, 0.1) is 51.3 Å². The number of rotatable bonds is 16. The molecule has 97 heavy (non-hydrogen) atoms. The summed E-state index contributed by atoms with van der Waals surface area (Å²) >= 11 is 0. The van der Waals surface area contributed by atoms with Crippen LogP contribution >= 0.6 is 0 Å². The van der Waals surface area contributed by atoms with Gasteiger partial charge in [-0.1, -0.05) is 60.1 Å². The van der Waals surface area contributed by atoms with Gasteiger partial charge in [0.25, 0.3) is 0 Å². The molecule has 0 spiro atoms. The lowest BCUT2D eigenvalue weighted by molar-refractivity contribution is -0.389. The zero-order valence-corrected chi connectivity index (χ0v) is 55.9. The number of ether oxygens (including phenoxy) is 12. The maximum atomic E-state index is 15.4. The van der Waals surface area contributed by atoms with Gasteiger partial charge in [-0.05, 0) is 110 Å². The molecule has 0 unspecified atom stereocenters. The van der Waals surface area contributed by atoms with Crippen LogP contribution in [0.4, 0.5) is 0 Å². The highest BCUT2D eigenvalue weighted by Crippen LogP contribution is 2.76. The summed E-state index contributed by atoms with van der Waals surface area (Å²) in [5.74, 6) is -1.52. The summed E-state index contributed by atoms with van der Waals surface area (Å²) in [5.41, 5.74) is -3.15. The molecule has 0 aromatic heterocycles. The first-order chi connectivity index (χ1) is 45.5. The average Bonchev–Trinajstić information content (AvgIpc) is 0.672. The zero-order chi connectivity index (χ0) is 70.9. The van der Waals surface area contributed by atoms with Gasteiger partial charge in [0.1, 0.15) is 140 Å². The lowest BCUT2D eigenvalue weighted by Gasteiger charge is -2.71. The van der Waals surface area contributed by atoms with E-state index in [1.807, 2.05) is 0 Å². The van der Waals surface area contributed by atoms with E-state index in [2.05, 4.69) is 54.5 Å². The average molecular weight is 1400 g/mol. The maximum Gasteiger partial charge on any atom is 0.317 e. The first kappa shape index (κ1) is 76.1. The molecule has 11 rings (SSSR count). The fraction of sp³-hybridized carbons (Fsp3) is 0.954. The number of hydrogen-bond acceptors (Lipinski definition) is 32. The molecule has 0 aromatic rings. The lowest BCUT2D eigenvalue weighted by atomic mass is 9.33. The minimum atomic E-state index is -2.01. The third-order valence-corrected chi connectivity index (χ3v) is 25.2. The summed E-state index contributed by atoms with van der Waals surface area (Å²) in [7, 11) is 0. The highest BCUT2D eigenvalue weighted by Gasteiger charge is 2.72. The third kappa shape index (κ3) is 13.0. The van der Waals surface area contributed by atoms with Gasteiger partial charge in [0.15, 0.2) is 31.5 Å². The number of aliphatic hydroxyl groups is 19. The first-order valence-corrected chi connectivity index (χ1v) is 34.2. The number of aliphatic hydroxyl groups excluding tert-OH is 19. The van der Waals surface area contributed by atoms with Crippen LogP contribution in [0.2, 0.25) is 0 Å². The van der Waals surface area contributed by atoms with Crippen molar-refractivity contribution in [1.82, 2.24) is 0 Å². The standard InChI is InChI=1S/C65H106O32/c1-24-36(71)40(75)45(80)54(88-24)95-51-30(21-68)91-53(49(84)44(51)79)87-23-31-39(74)43(78)48(83)57(92-31)97-59(85)65-16-15-60(2,3)17-26(65)25-9-10-33-62(6)13-12-35(61(4,5)32(62)11-14-63(33,7)64(25,8)18-34(65)70)93-58-52(96-56-47(82)42(77)38(73)29(20-67)90-56)50(27(69)22-86-58)94-55-46(81)41(76)37(72)28(19-66)89-55/h9,24,26-58,66-84H,10-23H2,1-8H3/t24-,26-,27-,28+,29+,30+,31+,32-,33+,34+,35-,36-,37+,38+,39+,40+,41-,42-,43-,44+,45+,46+,47+,48+,49+,50-,51+,52+,53+,54-,55-,56-,57-,58-,62-,63+,64+,65+/m0/s1. The number of carbonyl (C=O) groups is 1. The van der Waals surface area contributed by atoms with E-state index < -0.39 is 257 Å². The Hall–Kier alpha value is -1.99. The monoisotopic (exact) mass is 1400 g/mol. The molecule has 0 aromatic carbocycles. The van der Waals surface area contributed by atoms with Crippen LogP contribution in [0.5, 0.6) is 0 Å². The highest BCUT2D eigenvalue weighted by atomic mass is 16.8. The lowest BCUT2D eigenvalue weighted by Crippen LogP contribution is -2.68. The molecule has 11 aliphatic rings. The van der Waals surface area contributed by atoms with E-state index in [0.29, 0.717) is 44.9 Å². The third-order valence-electron chi connectivity index (χ3n) is 25.2. The van der Waals surface area contributed by atoms with Gasteiger partial charge >= 0.3 is 5.97 Å². The van der Waals surface area contributed by atoms with Gasteiger partial charge in [-0.2, -0.15) is 0 Å². The molecular weight excluding hydrogens is 1290 g/mol. The van der Waals surface area contributed by atoms with E-state index in [1.165, 1.54) is 6.92 Å². The van der Waals surface area contributed by atoms with Crippen molar-refractivity contribution in [1.29, 1.82) is 0 Å². The van der Waals surface area contributed by atoms with Gasteiger partial charge in [0, 0.05) is 0 Å². The van der Waals surface area contributed by atoms with Crippen molar-refractivity contribution >= 4 is 5.97 Å². The minimum Gasteiger partial charge on any atom is -0.432 e. The molecule has 0 radical (unpaired) electrons. The van der Waals surface area contributed by atoms with Gasteiger partial charge in [-0.25, -0.2) is 0 Å². The number of hydrogen-bond donors (Lipinski definition) is 19. The van der Waals surface area contributed by atoms with Crippen molar-refractivity contribution in [2.45, 2.75) is 304 Å². The predicted molar refractivity (Wildman–Crippen MR) is 322 cm³/mol. The van der Waals surface area contributed by atoms with Crippen LogP contribution in [0.3, 0.4) is 0 Å². The Morgan fingerprint density at radius 1 is 0.495 bits per heavy atom. The van der Waals surface area contributed by atoms with Crippen LogP contribution in [-0.2, 0) is 61.6 Å². The van der Waals surface area contributed by atoms with Crippen molar-refractivity contribution in [3.8, 4) is 0 Å². The van der Waals surface area contributed by atoms with Crippen molar-refractivity contribution in [3.63, 3.8) is 0 Å². The summed E-state index contributed by atoms with van der Waals surface area (Å²) in [6.07, 6.45) is -44.8. The van der Waals surface area contributed by atoms with E-state index in [9.17, 15) is 97.0 Å². The summed E-state index contributed by atoms with van der Waals surface area (Å²) in [4.78, 5) is 15.4. The molecule has 19 N–H and O–H groups in total. The van der Waals surface area contributed by atoms with Crippen molar-refractivity contribution in [3.05, 3.63) is 11.6 Å². The van der Waals surface area contributed by atoms with E-state index in [1.54, 1.807) is 0 Å². The molecule has 10 fully saturated rings. The van der Waals surface area contributed by atoms with E-state index >= 15 is 4.79 Å². The normalized spacial score (nSPS) is 54.5. The SMILES string of the molecule is C[C@@H]1O[C@@H](O[C@H]2[C@H](O)[C@@H](O)[C@H](OC[C@H]3O[C@@H](OC(=O)[C@]45CCC(C)(C)C[C@H]4C4=CC[C@@H]6[C@@]7(C)CC[C@H](O[C@@H]8OC[C@H](O)[C@H](O[C@@H]9O[C@H](CO)[C@@H](O)[C@H](O)[C@H]9O)[C@H]8O[C@@H]8O[C@H](CO)[C@@H](O)[C@H](O)[C@H]8O)C(C)(C)[C@@H]7CC[C@@]6(C)[C@]4(C)C[C@H]5O)[C@H](O)[C@@H](O)[C@@H]3O)O[C@@H]2CO)[C@H](O)[C@H](O)[C@H]1O. The number of esters is 1. The fourth-order valence-corrected chi connectivity index (χ4v) is 19.1. The van der Waals surface area contributed by atoms with E-state index in [-0.39, 0.29) is 35.5 Å². The molecule has 32 nitrogen and oxygen atoms in total. The molecular formula is C65H106O32. The van der Waals surface area contributed by atoms with Crippen LogP contribution < -0.4 is 0 Å². The number of carbonyl (C=O) groups excluding carboxylic acids is 1. The molecule has 38 atom stereocenters. The van der Waals surface area contributed by atoms with Crippen LogP contribution in [0.25, 0.3) is 0 Å². The highest BCUT2D eigenvalue weighted by molar-refractivity contribution is 5.80. The van der Waals surface area contributed by atoms with Gasteiger partial charge < -0.3 is 154 Å². The minimum absolute atomic E-state index is 0.00102. The largest absolute Gasteiger partial charge is 0.432 e. The maximum absolute atomic E-state index is 15.4. The van der Waals surface area contributed by atoms with Crippen LogP contribution in [-0.4, -0.2) is 326 Å². The summed E-state index contributed by atoms with van der Waals surface area (Å²) in [6, 6.07) is 0. The second-order valence-electron chi connectivity index (χ2n) is 31.6. The van der Waals surface area contributed by atoms with Crippen LogP contribution in [0.15, 0.2) is 11.6 Å². The zero-order valence-electron chi connectivity index (χ0n) is 55.9. The summed E-state index contributed by atoms with van der Waals surface area (Å²) in [5, 5.41) is 207. The smallest absolute Gasteiger partial charge is 0.317 e. The van der Waals surface area contributed by atoms with Gasteiger partial charge in [-0.3, -0.25) is 4.79 Å². The molecule has 6 saturated heterocycles. The van der Waals surface area contributed by atoms with Crippen molar-refractivity contribution in [2.24, 2.45) is 50.2 Å². The quantitative estimate of drug-likeness (QED) is 0.0389. The van der Waals surface area contributed by atoms with E-state index in [4.69, 9.17) is 56.8 Å². The number of allylic oxidation sites excluding steroid dienone is 2. The predicted octanol–water partition coefficient (Wildman–Crippen LogP) is -5.75. The van der Waals surface area contributed by atoms with E-state index in [0.717, 1.165) is 5.57 Å². The fourth-order valence-electron chi connectivity index (χ4n) is 19.1.